The second-order valence-electron chi connectivity index (χ2n) is 6.90. The van der Waals surface area contributed by atoms with E-state index >= 15 is 0 Å². The summed E-state index contributed by atoms with van der Waals surface area (Å²) < 4.78 is 2.02. The number of pyridine rings is 1. The highest BCUT2D eigenvalue weighted by Crippen LogP contribution is 2.35. The Hall–Kier alpha value is -4.50. The van der Waals surface area contributed by atoms with Crippen LogP contribution in [0.1, 0.15) is 5.56 Å². The van der Waals surface area contributed by atoms with Crippen LogP contribution in [0.25, 0.3) is 38.6 Å². The molecule has 0 aliphatic carbocycles. The zero-order valence-electron chi connectivity index (χ0n) is 15.7. The second-order valence-corrected chi connectivity index (χ2v) is 6.90. The van der Waals surface area contributed by atoms with Crippen molar-refractivity contribution in [3.05, 3.63) is 101 Å². The predicted octanol–water partition coefficient (Wildman–Crippen LogP) is 5.63. The van der Waals surface area contributed by atoms with Gasteiger partial charge in [-0.1, -0.05) is 36.4 Å². The maximum absolute atomic E-state index is 11.7. The Morgan fingerprint density at radius 1 is 0.933 bits per heavy atom. The van der Waals surface area contributed by atoms with E-state index in [1.165, 1.54) is 12.3 Å². The number of nitriles is 1. The third-order valence-electron chi connectivity index (χ3n) is 5.20. The van der Waals surface area contributed by atoms with Gasteiger partial charge in [0.1, 0.15) is 6.07 Å². The van der Waals surface area contributed by atoms with Gasteiger partial charge in [-0.15, -0.1) is 0 Å². The molecule has 0 radical (unpaired) electrons. The molecule has 0 spiro atoms. The monoisotopic (exact) mass is 390 g/mol. The van der Waals surface area contributed by atoms with Crippen molar-refractivity contribution in [3.8, 4) is 22.9 Å². The molecule has 5 rings (SSSR count). The van der Waals surface area contributed by atoms with Crippen molar-refractivity contribution in [1.82, 2.24) is 9.55 Å². The standard InChI is InChI=1S/C24H14N4O2/c25-14-17-15-26-10-9-20(17)16-11-18(13-19(12-16)28(29)30)27-23-7-3-1-5-21(23)22-6-2-4-8-24(22)27/h1-13,15H. The first kappa shape index (κ1) is 17.6. The number of fused-ring (bicyclic) bond motifs is 3. The molecule has 0 bridgehead atoms. The lowest BCUT2D eigenvalue weighted by molar-refractivity contribution is -0.384. The van der Waals surface area contributed by atoms with Crippen molar-refractivity contribution in [2.24, 2.45) is 0 Å². The summed E-state index contributed by atoms with van der Waals surface area (Å²) in [7, 11) is 0. The average Bonchev–Trinajstić information content (AvgIpc) is 3.13. The molecule has 0 saturated carbocycles. The number of nitro benzene ring substituents is 1. The lowest BCUT2D eigenvalue weighted by atomic mass is 10.0. The van der Waals surface area contributed by atoms with E-state index in [4.69, 9.17) is 0 Å². The zero-order valence-corrected chi connectivity index (χ0v) is 15.7. The number of hydrogen-bond donors (Lipinski definition) is 0. The first-order valence-corrected chi connectivity index (χ1v) is 9.30. The van der Waals surface area contributed by atoms with Crippen molar-refractivity contribution < 1.29 is 4.92 Å². The molecule has 5 aromatic rings. The van der Waals surface area contributed by atoms with Crippen LogP contribution in [0.2, 0.25) is 0 Å². The molecular formula is C24H14N4O2. The maximum Gasteiger partial charge on any atom is 0.272 e. The minimum atomic E-state index is -0.409. The smallest absolute Gasteiger partial charge is 0.272 e. The van der Waals surface area contributed by atoms with Crippen LogP contribution in [0.5, 0.6) is 0 Å². The highest BCUT2D eigenvalue weighted by Gasteiger charge is 2.17. The van der Waals surface area contributed by atoms with Gasteiger partial charge in [-0.3, -0.25) is 15.1 Å². The van der Waals surface area contributed by atoms with Crippen LogP contribution in [-0.2, 0) is 0 Å². The first-order valence-electron chi connectivity index (χ1n) is 9.30. The molecule has 0 amide bonds. The zero-order chi connectivity index (χ0) is 20.7. The van der Waals surface area contributed by atoms with Gasteiger partial charge in [-0.05, 0) is 29.8 Å². The molecular weight excluding hydrogens is 376 g/mol. The van der Waals surface area contributed by atoms with Crippen LogP contribution in [0, 0.1) is 21.4 Å². The van der Waals surface area contributed by atoms with Gasteiger partial charge in [0.05, 0.1) is 27.2 Å². The number of nitrogens with zero attached hydrogens (tertiary/aromatic N) is 4. The van der Waals surface area contributed by atoms with Crippen molar-refractivity contribution in [2.75, 3.05) is 0 Å². The largest absolute Gasteiger partial charge is 0.309 e. The van der Waals surface area contributed by atoms with E-state index in [9.17, 15) is 15.4 Å². The second kappa shape index (κ2) is 6.83. The lowest BCUT2D eigenvalue weighted by Crippen LogP contribution is -1.98. The van der Waals surface area contributed by atoms with Crippen LogP contribution in [0.15, 0.2) is 85.2 Å². The summed E-state index contributed by atoms with van der Waals surface area (Å²) >= 11 is 0. The van der Waals surface area contributed by atoms with Crippen LogP contribution in [-0.4, -0.2) is 14.5 Å². The summed E-state index contributed by atoms with van der Waals surface area (Å²) in [4.78, 5) is 15.3. The van der Waals surface area contributed by atoms with Gasteiger partial charge in [-0.2, -0.15) is 5.26 Å². The van der Waals surface area contributed by atoms with Crippen LogP contribution < -0.4 is 0 Å². The highest BCUT2D eigenvalue weighted by atomic mass is 16.6. The molecule has 0 aliphatic rings. The normalized spacial score (nSPS) is 10.9. The Morgan fingerprint density at radius 2 is 1.60 bits per heavy atom. The minimum absolute atomic E-state index is 0.0370. The Bertz CT molecular complexity index is 1440. The number of non-ortho nitro benzene ring substituents is 1. The third-order valence-corrected chi connectivity index (χ3v) is 5.20. The summed E-state index contributed by atoms with van der Waals surface area (Å²) in [5.41, 5.74) is 4.12. The summed E-state index contributed by atoms with van der Waals surface area (Å²) in [6, 6.07) is 24.7. The van der Waals surface area contributed by atoms with Gasteiger partial charge >= 0.3 is 0 Å². The van der Waals surface area contributed by atoms with Gasteiger partial charge in [0, 0.05) is 40.9 Å². The molecule has 3 aromatic carbocycles. The van der Waals surface area contributed by atoms with Crippen molar-refractivity contribution in [3.63, 3.8) is 0 Å². The average molecular weight is 390 g/mol. The Morgan fingerprint density at radius 3 is 2.23 bits per heavy atom. The molecule has 2 heterocycles. The number of benzene rings is 3. The summed E-state index contributed by atoms with van der Waals surface area (Å²) in [6.45, 7) is 0. The van der Waals surface area contributed by atoms with E-state index in [2.05, 4.69) is 11.1 Å². The lowest BCUT2D eigenvalue weighted by Gasteiger charge is -2.11. The molecule has 0 atom stereocenters. The topological polar surface area (TPSA) is 84.8 Å². The fourth-order valence-corrected chi connectivity index (χ4v) is 3.92. The highest BCUT2D eigenvalue weighted by molar-refractivity contribution is 6.09. The van der Waals surface area contributed by atoms with Gasteiger partial charge < -0.3 is 4.57 Å². The maximum atomic E-state index is 11.7. The number of nitro groups is 1. The van der Waals surface area contributed by atoms with Gasteiger partial charge in [0.15, 0.2) is 0 Å². The number of hydrogen-bond acceptors (Lipinski definition) is 4. The molecule has 142 valence electrons. The van der Waals surface area contributed by atoms with Crippen LogP contribution >= 0.6 is 0 Å². The fraction of sp³-hybridized carbons (Fsp3) is 0. The van der Waals surface area contributed by atoms with Crippen molar-refractivity contribution in [2.45, 2.75) is 0 Å². The van der Waals surface area contributed by atoms with Gasteiger partial charge in [-0.25, -0.2) is 0 Å². The van der Waals surface area contributed by atoms with Gasteiger partial charge in [0.25, 0.3) is 5.69 Å². The summed E-state index contributed by atoms with van der Waals surface area (Å²) in [6.07, 6.45) is 3.05. The van der Waals surface area contributed by atoms with E-state index in [1.54, 1.807) is 18.3 Å². The first-order chi connectivity index (χ1) is 14.7. The summed E-state index contributed by atoms with van der Waals surface area (Å²) in [5, 5.41) is 23.3. The molecule has 0 saturated heterocycles. The number of aromatic nitrogens is 2. The quantitative estimate of drug-likeness (QED) is 0.295. The third kappa shape index (κ3) is 2.69. The van der Waals surface area contributed by atoms with E-state index in [1.807, 2.05) is 59.2 Å². The SMILES string of the molecule is N#Cc1cnccc1-c1cc(-n2c3ccccc3c3ccccc32)cc([N+](=O)[O-])c1. The molecule has 0 aliphatic heterocycles. The van der Waals surface area contributed by atoms with E-state index in [0.717, 1.165) is 21.8 Å². The van der Waals surface area contributed by atoms with Crippen LogP contribution in [0.4, 0.5) is 5.69 Å². The minimum Gasteiger partial charge on any atom is -0.309 e. The van der Waals surface area contributed by atoms with Crippen molar-refractivity contribution >= 4 is 27.5 Å². The van der Waals surface area contributed by atoms with Crippen molar-refractivity contribution in [1.29, 1.82) is 5.26 Å². The molecule has 0 fully saturated rings. The molecule has 6 nitrogen and oxygen atoms in total. The Kier molecular flexibility index (Phi) is 4.01. The van der Waals surface area contributed by atoms with E-state index in [0.29, 0.717) is 22.4 Å². The van der Waals surface area contributed by atoms with Crippen LogP contribution in [0.3, 0.4) is 0 Å². The molecule has 30 heavy (non-hydrogen) atoms. The molecule has 6 heteroatoms. The predicted molar refractivity (Wildman–Crippen MR) is 115 cm³/mol. The summed E-state index contributed by atoms with van der Waals surface area (Å²) in [5.74, 6) is 0. The number of para-hydroxylation sites is 2. The van der Waals surface area contributed by atoms with Gasteiger partial charge in [0.2, 0.25) is 0 Å². The van der Waals surface area contributed by atoms with E-state index in [-0.39, 0.29) is 5.69 Å². The Balaban J connectivity index is 1.87. The molecule has 0 unspecified atom stereocenters. The van der Waals surface area contributed by atoms with E-state index < -0.39 is 4.92 Å². The molecule has 0 N–H and O–H groups in total. The Labute approximate surface area is 171 Å². The number of rotatable bonds is 3. The fourth-order valence-electron chi connectivity index (χ4n) is 3.92. The molecule has 2 aromatic heterocycles.